The summed E-state index contributed by atoms with van der Waals surface area (Å²) in [5, 5.41) is 0. The monoisotopic (exact) mass is 184 g/mol. The normalized spacial score (nSPS) is 10.5. The van der Waals surface area contributed by atoms with Gasteiger partial charge >= 0.3 is 0 Å². The lowest BCUT2D eigenvalue weighted by atomic mass is 10.1. The van der Waals surface area contributed by atoms with E-state index in [9.17, 15) is 13.6 Å². The average Bonchev–Trinajstić information content (AvgIpc) is 1.97. The third kappa shape index (κ3) is 7.72. The Hall–Kier alpha value is -0.180. The lowest BCUT2D eigenvalue weighted by Gasteiger charge is -1.97. The van der Waals surface area contributed by atoms with Gasteiger partial charge in [0.05, 0.1) is 0 Å². The molecule has 0 aromatic rings. The summed E-state index contributed by atoms with van der Waals surface area (Å²) in [7, 11) is 0. The molecule has 0 spiro atoms. The minimum Gasteiger partial charge on any atom is -0.300 e. The van der Waals surface area contributed by atoms with Crippen LogP contribution in [0.25, 0.3) is 0 Å². The summed E-state index contributed by atoms with van der Waals surface area (Å²) >= 11 is 5.31. The maximum Gasteiger partial charge on any atom is 0.239 e. The molecule has 0 saturated heterocycles. The van der Waals surface area contributed by atoms with E-state index in [-0.39, 0.29) is 18.6 Å². The topological polar surface area (TPSA) is 17.1 Å². The maximum atomic E-state index is 11.5. The fourth-order valence-corrected chi connectivity index (χ4v) is 0.793. The number of ketones is 1. The highest BCUT2D eigenvalue weighted by Crippen LogP contribution is 2.06. The Labute approximate surface area is 69.7 Å². The third-order valence-corrected chi connectivity index (χ3v) is 1.50. The smallest absolute Gasteiger partial charge is 0.239 e. The van der Waals surface area contributed by atoms with E-state index < -0.39 is 6.43 Å². The second kappa shape index (κ2) is 6.53. The Morgan fingerprint density at radius 3 is 2.45 bits per heavy atom. The summed E-state index contributed by atoms with van der Waals surface area (Å²) in [6.07, 6.45) is -1.79. The summed E-state index contributed by atoms with van der Waals surface area (Å²) in [6, 6.07) is 0. The van der Waals surface area contributed by atoms with Crippen molar-refractivity contribution in [3.63, 3.8) is 0 Å². The van der Waals surface area contributed by atoms with Crippen LogP contribution in [0.4, 0.5) is 8.78 Å². The molecule has 0 fully saturated rings. The fraction of sp³-hybridized carbons (Fsp3) is 0.857. The predicted octanol–water partition coefficient (Wildman–Crippen LogP) is 2.62. The Balaban J connectivity index is 3.23. The van der Waals surface area contributed by atoms with E-state index in [1.54, 1.807) is 0 Å². The first kappa shape index (κ1) is 10.8. The van der Waals surface area contributed by atoms with Crippen LogP contribution in [0.3, 0.4) is 0 Å². The zero-order valence-electron chi connectivity index (χ0n) is 6.16. The van der Waals surface area contributed by atoms with Crippen LogP contribution in [0.1, 0.15) is 25.7 Å². The van der Waals surface area contributed by atoms with E-state index in [1.807, 2.05) is 0 Å². The summed E-state index contributed by atoms with van der Waals surface area (Å²) < 4.78 is 23.1. The van der Waals surface area contributed by atoms with Gasteiger partial charge in [-0.1, -0.05) is 0 Å². The first-order valence-corrected chi connectivity index (χ1v) is 4.06. The van der Waals surface area contributed by atoms with Gasteiger partial charge in [0.25, 0.3) is 0 Å². The van der Waals surface area contributed by atoms with E-state index in [0.29, 0.717) is 18.7 Å². The average molecular weight is 185 g/mol. The van der Waals surface area contributed by atoms with Crippen LogP contribution in [-0.4, -0.2) is 18.1 Å². The van der Waals surface area contributed by atoms with Crippen molar-refractivity contribution >= 4 is 17.4 Å². The van der Waals surface area contributed by atoms with Crippen LogP contribution < -0.4 is 0 Å². The molecule has 0 aliphatic rings. The molecule has 66 valence electrons. The van der Waals surface area contributed by atoms with E-state index in [4.69, 9.17) is 11.6 Å². The zero-order valence-corrected chi connectivity index (χ0v) is 6.91. The maximum absolute atomic E-state index is 11.5. The highest BCUT2D eigenvalue weighted by atomic mass is 35.5. The van der Waals surface area contributed by atoms with Crippen molar-refractivity contribution in [2.75, 3.05) is 5.88 Å². The summed E-state index contributed by atoms with van der Waals surface area (Å²) in [5.74, 6) is 0.298. The van der Waals surface area contributed by atoms with Crippen LogP contribution in [0.5, 0.6) is 0 Å². The molecular formula is C7H11ClF2O. The van der Waals surface area contributed by atoms with Crippen molar-refractivity contribution in [2.24, 2.45) is 0 Å². The van der Waals surface area contributed by atoms with Crippen LogP contribution in [-0.2, 0) is 4.79 Å². The molecule has 0 aliphatic heterocycles. The summed E-state index contributed by atoms with van der Waals surface area (Å²) in [6.45, 7) is 0. The number of hydrogen-bond acceptors (Lipinski definition) is 1. The lowest BCUT2D eigenvalue weighted by molar-refractivity contribution is -0.119. The van der Waals surface area contributed by atoms with Gasteiger partial charge in [0, 0.05) is 25.1 Å². The number of alkyl halides is 3. The number of carbonyl (C=O) groups excluding carboxylic acids is 1. The first-order chi connectivity index (χ1) is 5.16. The number of Topliss-reactive ketones (excluding diaryl/α,β-unsaturated/α-hetero) is 1. The number of rotatable bonds is 6. The molecular weight excluding hydrogens is 174 g/mol. The van der Waals surface area contributed by atoms with Crippen molar-refractivity contribution in [3.8, 4) is 0 Å². The fourth-order valence-electron chi connectivity index (χ4n) is 0.659. The second-order valence-electron chi connectivity index (χ2n) is 2.26. The number of halogens is 3. The molecule has 0 aliphatic carbocycles. The molecule has 0 rings (SSSR count). The van der Waals surface area contributed by atoms with Gasteiger partial charge in [0.15, 0.2) is 0 Å². The second-order valence-corrected chi connectivity index (χ2v) is 2.64. The van der Waals surface area contributed by atoms with Crippen LogP contribution in [0.2, 0.25) is 0 Å². The van der Waals surface area contributed by atoms with E-state index in [0.717, 1.165) is 0 Å². The molecule has 1 nitrogen and oxygen atoms in total. The predicted molar refractivity (Wildman–Crippen MR) is 40.2 cm³/mol. The Morgan fingerprint density at radius 1 is 1.36 bits per heavy atom. The molecule has 0 N–H and O–H groups in total. The Kier molecular flexibility index (Phi) is 6.42. The quantitative estimate of drug-likeness (QED) is 0.580. The van der Waals surface area contributed by atoms with Gasteiger partial charge < -0.3 is 0 Å². The minimum atomic E-state index is -2.37. The molecule has 0 aromatic heterocycles. The van der Waals surface area contributed by atoms with Gasteiger partial charge in [0.2, 0.25) is 6.43 Å². The van der Waals surface area contributed by atoms with Crippen molar-refractivity contribution in [1.29, 1.82) is 0 Å². The van der Waals surface area contributed by atoms with E-state index in [2.05, 4.69) is 0 Å². The number of hydrogen-bond donors (Lipinski definition) is 0. The molecule has 0 amide bonds. The van der Waals surface area contributed by atoms with E-state index >= 15 is 0 Å². The van der Waals surface area contributed by atoms with Gasteiger partial charge in [-0.2, -0.15) is 0 Å². The zero-order chi connectivity index (χ0) is 8.69. The molecule has 0 heterocycles. The van der Waals surface area contributed by atoms with Crippen LogP contribution >= 0.6 is 11.6 Å². The molecule has 0 unspecified atom stereocenters. The summed E-state index contributed by atoms with van der Waals surface area (Å²) in [4.78, 5) is 10.7. The van der Waals surface area contributed by atoms with Gasteiger partial charge in [-0.05, 0) is 6.42 Å². The largest absolute Gasteiger partial charge is 0.300 e. The molecule has 0 saturated carbocycles. The van der Waals surface area contributed by atoms with Gasteiger partial charge in [-0.3, -0.25) is 4.79 Å². The molecule has 0 aromatic carbocycles. The molecule has 0 atom stereocenters. The van der Waals surface area contributed by atoms with Gasteiger partial charge in [0.1, 0.15) is 5.78 Å². The van der Waals surface area contributed by atoms with Crippen molar-refractivity contribution in [3.05, 3.63) is 0 Å². The first-order valence-electron chi connectivity index (χ1n) is 3.52. The summed E-state index contributed by atoms with van der Waals surface area (Å²) in [5.41, 5.74) is 0. The minimum absolute atomic E-state index is 0.0193. The Morgan fingerprint density at radius 2 is 2.00 bits per heavy atom. The van der Waals surface area contributed by atoms with Crippen molar-refractivity contribution in [2.45, 2.75) is 32.1 Å². The van der Waals surface area contributed by atoms with Crippen LogP contribution in [0.15, 0.2) is 0 Å². The highest BCUT2D eigenvalue weighted by Gasteiger charge is 2.06. The van der Waals surface area contributed by atoms with Crippen LogP contribution in [0, 0.1) is 0 Å². The van der Waals surface area contributed by atoms with Gasteiger partial charge in [-0.25, -0.2) is 8.78 Å². The standard InChI is InChI=1S/C7H11ClF2O/c8-5-1-2-6(11)3-4-7(9)10/h7H,1-5H2. The van der Waals surface area contributed by atoms with Crippen molar-refractivity contribution in [1.82, 2.24) is 0 Å². The molecule has 0 bridgehead atoms. The number of carbonyl (C=O) groups is 1. The SMILES string of the molecule is O=C(CCCCl)CCC(F)F. The highest BCUT2D eigenvalue weighted by molar-refractivity contribution is 6.17. The van der Waals surface area contributed by atoms with Gasteiger partial charge in [-0.15, -0.1) is 11.6 Å². The lowest BCUT2D eigenvalue weighted by Crippen LogP contribution is -2.01. The van der Waals surface area contributed by atoms with E-state index in [1.165, 1.54) is 0 Å². The molecule has 0 radical (unpaired) electrons. The molecule has 4 heteroatoms. The Bertz CT molecular complexity index is 117. The van der Waals surface area contributed by atoms with Crippen molar-refractivity contribution < 1.29 is 13.6 Å². The molecule has 11 heavy (non-hydrogen) atoms. The third-order valence-electron chi connectivity index (χ3n) is 1.23.